The standard InChI is InChI=1S/C29H44N6O7/c1-19(2)17-23(26(39)32-22(12-6-7-15-30)29(42)34-16-8-11-21(34)18-36)33-27(40)24(13-14-25(37)38)35(31)28(41)20-9-4-3-5-10-20/h3-5,9-10,18-19,21-24H,6-8,11-17,30-31H2,1-2H3,(H,32,39)(H,33,40)(H,37,38)/t21-,22-,23-,24-/m0/s1. The van der Waals surface area contributed by atoms with Crippen LogP contribution in [-0.2, 0) is 24.0 Å². The molecule has 2 rings (SSSR count). The van der Waals surface area contributed by atoms with Crippen LogP contribution in [0.1, 0.15) is 75.6 Å². The van der Waals surface area contributed by atoms with Crippen molar-refractivity contribution in [3.05, 3.63) is 35.9 Å². The monoisotopic (exact) mass is 588 g/mol. The van der Waals surface area contributed by atoms with E-state index in [1.54, 1.807) is 18.2 Å². The third-order valence-corrected chi connectivity index (χ3v) is 7.17. The number of carboxylic acids is 1. The zero-order valence-electron chi connectivity index (χ0n) is 24.4. The van der Waals surface area contributed by atoms with Gasteiger partial charge >= 0.3 is 5.97 Å². The number of carbonyl (C=O) groups excluding carboxylic acids is 5. The molecule has 4 atom stereocenters. The molecule has 0 aliphatic carbocycles. The van der Waals surface area contributed by atoms with Gasteiger partial charge in [0.1, 0.15) is 24.4 Å². The van der Waals surface area contributed by atoms with E-state index in [-0.39, 0.29) is 30.2 Å². The van der Waals surface area contributed by atoms with E-state index in [4.69, 9.17) is 11.6 Å². The van der Waals surface area contributed by atoms with Crippen LogP contribution in [-0.4, -0.2) is 88.2 Å². The first-order valence-corrected chi connectivity index (χ1v) is 14.4. The van der Waals surface area contributed by atoms with Crippen LogP contribution in [0, 0.1) is 5.92 Å². The fraction of sp³-hybridized carbons (Fsp3) is 0.586. The molecule has 1 aromatic rings. The van der Waals surface area contributed by atoms with Crippen molar-refractivity contribution in [1.82, 2.24) is 20.5 Å². The average Bonchev–Trinajstić information content (AvgIpc) is 3.44. The number of aldehydes is 1. The van der Waals surface area contributed by atoms with Crippen molar-refractivity contribution in [3.8, 4) is 0 Å². The second-order valence-corrected chi connectivity index (χ2v) is 10.9. The van der Waals surface area contributed by atoms with Gasteiger partial charge in [0, 0.05) is 18.5 Å². The quantitative estimate of drug-likeness (QED) is 0.0566. The van der Waals surface area contributed by atoms with E-state index >= 15 is 0 Å². The average molecular weight is 589 g/mol. The Morgan fingerprint density at radius 1 is 1.05 bits per heavy atom. The maximum Gasteiger partial charge on any atom is 0.303 e. The minimum absolute atomic E-state index is 0.0529. The molecular weight excluding hydrogens is 544 g/mol. The van der Waals surface area contributed by atoms with Gasteiger partial charge in [-0.25, -0.2) is 5.84 Å². The van der Waals surface area contributed by atoms with E-state index in [0.717, 1.165) is 6.29 Å². The first-order valence-electron chi connectivity index (χ1n) is 14.4. The van der Waals surface area contributed by atoms with Crippen LogP contribution >= 0.6 is 0 Å². The normalized spacial score (nSPS) is 16.8. The summed E-state index contributed by atoms with van der Waals surface area (Å²) in [6.07, 6.45) is 2.94. The van der Waals surface area contributed by atoms with Gasteiger partial charge < -0.3 is 31.2 Å². The molecule has 42 heavy (non-hydrogen) atoms. The van der Waals surface area contributed by atoms with Crippen LogP contribution in [0.3, 0.4) is 0 Å². The van der Waals surface area contributed by atoms with Crippen molar-refractivity contribution in [2.45, 2.75) is 89.4 Å². The number of nitrogens with two attached hydrogens (primary N) is 2. The van der Waals surface area contributed by atoms with E-state index in [1.807, 2.05) is 13.8 Å². The van der Waals surface area contributed by atoms with Gasteiger partial charge in [-0.2, -0.15) is 0 Å². The predicted molar refractivity (Wildman–Crippen MR) is 154 cm³/mol. The van der Waals surface area contributed by atoms with Gasteiger partial charge in [-0.05, 0) is 69.5 Å². The predicted octanol–water partition coefficient (Wildman–Crippen LogP) is 0.571. The molecule has 0 saturated carbocycles. The Hall–Kier alpha value is -3.84. The molecule has 7 N–H and O–H groups in total. The Morgan fingerprint density at radius 2 is 1.71 bits per heavy atom. The molecule has 13 heteroatoms. The highest BCUT2D eigenvalue weighted by Crippen LogP contribution is 2.19. The van der Waals surface area contributed by atoms with Crippen molar-refractivity contribution in [1.29, 1.82) is 0 Å². The molecule has 1 saturated heterocycles. The number of amides is 4. The number of carboxylic acid groups (broad SMARTS) is 1. The second-order valence-electron chi connectivity index (χ2n) is 10.9. The molecule has 1 aliphatic rings. The number of hydrazine groups is 1. The van der Waals surface area contributed by atoms with Gasteiger partial charge in [0.25, 0.3) is 5.91 Å². The number of unbranched alkanes of at least 4 members (excludes halogenated alkanes) is 1. The Labute approximate surface area is 246 Å². The minimum Gasteiger partial charge on any atom is -0.481 e. The first-order chi connectivity index (χ1) is 20.0. The Balaban J connectivity index is 2.26. The van der Waals surface area contributed by atoms with E-state index < -0.39 is 54.3 Å². The number of hydrogen-bond acceptors (Lipinski definition) is 8. The van der Waals surface area contributed by atoms with Crippen LogP contribution in [0.2, 0.25) is 0 Å². The molecule has 232 valence electrons. The number of hydrogen-bond donors (Lipinski definition) is 5. The molecular formula is C29H44N6O7. The van der Waals surface area contributed by atoms with E-state index in [9.17, 15) is 33.9 Å². The number of benzene rings is 1. The first kappa shape index (κ1) is 34.4. The molecule has 13 nitrogen and oxygen atoms in total. The third kappa shape index (κ3) is 10.2. The molecule has 0 unspecified atom stereocenters. The summed E-state index contributed by atoms with van der Waals surface area (Å²) >= 11 is 0. The molecule has 1 fully saturated rings. The number of nitrogens with one attached hydrogen (secondary N) is 2. The van der Waals surface area contributed by atoms with E-state index in [1.165, 1.54) is 17.0 Å². The van der Waals surface area contributed by atoms with Crippen molar-refractivity contribution >= 4 is 35.9 Å². The van der Waals surface area contributed by atoms with E-state index in [0.29, 0.717) is 50.2 Å². The Morgan fingerprint density at radius 3 is 2.31 bits per heavy atom. The molecule has 4 amide bonds. The lowest BCUT2D eigenvalue weighted by Crippen LogP contribution is -2.59. The number of rotatable bonds is 17. The topological polar surface area (TPSA) is 205 Å². The van der Waals surface area contributed by atoms with Crippen molar-refractivity contribution in [2.75, 3.05) is 13.1 Å². The van der Waals surface area contributed by atoms with Crippen LogP contribution < -0.4 is 22.2 Å². The van der Waals surface area contributed by atoms with Gasteiger partial charge in [0.2, 0.25) is 17.7 Å². The highest BCUT2D eigenvalue weighted by molar-refractivity contribution is 5.98. The SMILES string of the molecule is CC(C)C[C@H](NC(=O)[C@H](CCC(=O)O)N(N)C(=O)c1ccccc1)C(=O)N[C@@H](CCCCN)C(=O)N1CCC[C@H]1C=O. The molecule has 1 aliphatic heterocycles. The highest BCUT2D eigenvalue weighted by Gasteiger charge is 2.36. The highest BCUT2D eigenvalue weighted by atomic mass is 16.4. The van der Waals surface area contributed by atoms with Crippen LogP contribution in [0.4, 0.5) is 0 Å². The summed E-state index contributed by atoms with van der Waals surface area (Å²) in [4.78, 5) is 77.7. The van der Waals surface area contributed by atoms with Gasteiger partial charge in [0.15, 0.2) is 0 Å². The summed E-state index contributed by atoms with van der Waals surface area (Å²) in [5.41, 5.74) is 5.83. The van der Waals surface area contributed by atoms with Crippen LogP contribution in [0.15, 0.2) is 30.3 Å². The Bertz CT molecular complexity index is 1080. The molecule has 1 aromatic carbocycles. The van der Waals surface area contributed by atoms with Crippen LogP contribution in [0.25, 0.3) is 0 Å². The lowest BCUT2D eigenvalue weighted by atomic mass is 10.0. The summed E-state index contributed by atoms with van der Waals surface area (Å²) in [5, 5.41) is 15.3. The molecule has 0 spiro atoms. The summed E-state index contributed by atoms with van der Waals surface area (Å²) in [6, 6.07) is 4.03. The number of carbonyl (C=O) groups is 6. The largest absolute Gasteiger partial charge is 0.481 e. The van der Waals surface area contributed by atoms with Crippen LogP contribution in [0.5, 0.6) is 0 Å². The smallest absolute Gasteiger partial charge is 0.303 e. The zero-order valence-corrected chi connectivity index (χ0v) is 24.4. The van der Waals surface area contributed by atoms with Gasteiger partial charge in [-0.3, -0.25) is 29.0 Å². The summed E-state index contributed by atoms with van der Waals surface area (Å²) < 4.78 is 0. The lowest BCUT2D eigenvalue weighted by Gasteiger charge is -2.31. The maximum absolute atomic E-state index is 13.5. The van der Waals surface area contributed by atoms with Gasteiger partial charge in [0.05, 0.1) is 6.04 Å². The third-order valence-electron chi connectivity index (χ3n) is 7.17. The summed E-state index contributed by atoms with van der Waals surface area (Å²) in [7, 11) is 0. The van der Waals surface area contributed by atoms with Gasteiger partial charge in [-0.15, -0.1) is 0 Å². The summed E-state index contributed by atoms with van der Waals surface area (Å²) in [6.45, 7) is 4.53. The molecule has 0 aromatic heterocycles. The lowest BCUT2D eigenvalue weighted by molar-refractivity contribution is -0.140. The molecule has 0 radical (unpaired) electrons. The number of nitrogens with zero attached hydrogens (tertiary/aromatic N) is 2. The maximum atomic E-state index is 13.5. The number of likely N-dealkylation sites (tertiary alicyclic amines) is 1. The zero-order chi connectivity index (χ0) is 31.2. The second kappa shape index (κ2) is 17.2. The Kier molecular flexibility index (Phi) is 14.1. The fourth-order valence-corrected chi connectivity index (χ4v) is 4.93. The fourth-order valence-electron chi connectivity index (χ4n) is 4.93. The number of aliphatic carboxylic acids is 1. The molecule has 1 heterocycles. The minimum atomic E-state index is -1.38. The van der Waals surface area contributed by atoms with Crippen molar-refractivity contribution in [3.63, 3.8) is 0 Å². The van der Waals surface area contributed by atoms with Crippen molar-refractivity contribution < 1.29 is 33.9 Å². The molecule has 0 bridgehead atoms. The van der Waals surface area contributed by atoms with E-state index in [2.05, 4.69) is 10.6 Å². The summed E-state index contributed by atoms with van der Waals surface area (Å²) in [5.74, 6) is 2.36. The van der Waals surface area contributed by atoms with Crippen molar-refractivity contribution in [2.24, 2.45) is 17.5 Å². The van der Waals surface area contributed by atoms with Gasteiger partial charge in [-0.1, -0.05) is 32.0 Å².